The predicted molar refractivity (Wildman–Crippen MR) is 57.5 cm³/mol. The van der Waals surface area contributed by atoms with Gasteiger partial charge >= 0.3 is 0 Å². The molecule has 1 aromatic heterocycles. The van der Waals surface area contributed by atoms with Crippen molar-refractivity contribution in [2.24, 2.45) is 0 Å². The average Bonchev–Trinajstić information content (AvgIpc) is 2.69. The summed E-state index contributed by atoms with van der Waals surface area (Å²) in [6, 6.07) is 3.97. The van der Waals surface area contributed by atoms with E-state index >= 15 is 0 Å². The van der Waals surface area contributed by atoms with E-state index in [2.05, 4.69) is 10.3 Å². The first-order chi connectivity index (χ1) is 6.45. The molecule has 78 valence electrons. The summed E-state index contributed by atoms with van der Waals surface area (Å²) >= 11 is 0. The van der Waals surface area contributed by atoms with Crippen molar-refractivity contribution >= 4 is 12.4 Å². The second-order valence-corrected chi connectivity index (χ2v) is 3.29. The zero-order valence-corrected chi connectivity index (χ0v) is 8.80. The van der Waals surface area contributed by atoms with E-state index < -0.39 is 0 Å². The van der Waals surface area contributed by atoms with Crippen LogP contribution in [0.2, 0.25) is 0 Å². The Balaban J connectivity index is 0.000000980. The molecule has 0 bridgehead atoms. The summed E-state index contributed by atoms with van der Waals surface area (Å²) in [4.78, 5) is 4.03. The highest BCUT2D eigenvalue weighted by molar-refractivity contribution is 5.85. The maximum absolute atomic E-state index is 5.69. The highest BCUT2D eigenvalue weighted by atomic mass is 35.5. The maximum Gasteiger partial charge on any atom is 0.0736 e. The molecule has 2 heterocycles. The van der Waals surface area contributed by atoms with Crippen LogP contribution < -0.4 is 5.32 Å². The third-order valence-electron chi connectivity index (χ3n) is 2.22. The fourth-order valence-electron chi connectivity index (χ4n) is 1.47. The number of nitrogens with one attached hydrogen (secondary N) is 1. The second kappa shape index (κ2) is 5.96. The molecular weight excluding hydrogens is 200 g/mol. The Morgan fingerprint density at radius 3 is 3.14 bits per heavy atom. The molecule has 1 N–H and O–H groups in total. The molecule has 1 saturated heterocycles. The van der Waals surface area contributed by atoms with Gasteiger partial charge in [0.05, 0.1) is 12.7 Å². The molecular formula is C10H15ClN2O. The third kappa shape index (κ3) is 3.25. The van der Waals surface area contributed by atoms with Crippen LogP contribution in [0.3, 0.4) is 0 Å². The number of aromatic nitrogens is 1. The average molecular weight is 215 g/mol. The zero-order valence-electron chi connectivity index (χ0n) is 7.98. The van der Waals surface area contributed by atoms with Crippen LogP contribution in [0, 0.1) is 0 Å². The van der Waals surface area contributed by atoms with Crippen LogP contribution in [0.25, 0.3) is 0 Å². The van der Waals surface area contributed by atoms with Gasteiger partial charge in [0.15, 0.2) is 0 Å². The summed E-state index contributed by atoms with van der Waals surface area (Å²) in [6.45, 7) is 2.75. The van der Waals surface area contributed by atoms with E-state index in [0.29, 0.717) is 12.7 Å². The lowest BCUT2D eigenvalue weighted by Gasteiger charge is -2.09. The Morgan fingerprint density at radius 2 is 2.50 bits per heavy atom. The minimum atomic E-state index is 0. The molecule has 0 amide bonds. The summed E-state index contributed by atoms with van der Waals surface area (Å²) in [5, 5.41) is 3.27. The monoisotopic (exact) mass is 214 g/mol. The van der Waals surface area contributed by atoms with Gasteiger partial charge < -0.3 is 10.1 Å². The summed E-state index contributed by atoms with van der Waals surface area (Å²) in [7, 11) is 0. The lowest BCUT2D eigenvalue weighted by Crippen LogP contribution is -2.16. The van der Waals surface area contributed by atoms with Crippen molar-refractivity contribution in [1.29, 1.82) is 0 Å². The Morgan fingerprint density at radius 1 is 1.57 bits per heavy atom. The van der Waals surface area contributed by atoms with Gasteiger partial charge in [0.2, 0.25) is 0 Å². The first-order valence-corrected chi connectivity index (χ1v) is 4.66. The Labute approximate surface area is 90.3 Å². The van der Waals surface area contributed by atoms with Crippen LogP contribution in [0.5, 0.6) is 0 Å². The van der Waals surface area contributed by atoms with E-state index in [0.717, 1.165) is 25.1 Å². The van der Waals surface area contributed by atoms with Crippen molar-refractivity contribution < 1.29 is 4.74 Å². The first-order valence-electron chi connectivity index (χ1n) is 4.66. The highest BCUT2D eigenvalue weighted by Crippen LogP contribution is 2.07. The van der Waals surface area contributed by atoms with Gasteiger partial charge in [-0.05, 0) is 24.6 Å². The minimum Gasteiger partial charge on any atom is -0.372 e. The lowest BCUT2D eigenvalue weighted by atomic mass is 10.3. The van der Waals surface area contributed by atoms with Crippen molar-refractivity contribution in [3.63, 3.8) is 0 Å². The first kappa shape index (κ1) is 11.4. The number of rotatable bonds is 3. The molecule has 0 aromatic carbocycles. The Kier molecular flexibility index (Phi) is 4.87. The molecule has 0 unspecified atom stereocenters. The van der Waals surface area contributed by atoms with Crippen LogP contribution in [0.1, 0.15) is 12.0 Å². The second-order valence-electron chi connectivity index (χ2n) is 3.29. The number of nitrogens with zero attached hydrogens (tertiary/aromatic N) is 1. The normalized spacial score (nSPS) is 20.4. The lowest BCUT2D eigenvalue weighted by molar-refractivity contribution is 0.0541. The number of ether oxygens (including phenoxy) is 1. The molecule has 1 fully saturated rings. The number of halogens is 1. The molecule has 2 rings (SSSR count). The van der Waals surface area contributed by atoms with Gasteiger partial charge in [-0.1, -0.05) is 6.07 Å². The molecule has 1 aromatic rings. The smallest absolute Gasteiger partial charge is 0.0736 e. The topological polar surface area (TPSA) is 34.1 Å². The summed E-state index contributed by atoms with van der Waals surface area (Å²) in [5.74, 6) is 0. The van der Waals surface area contributed by atoms with Crippen LogP contribution in [0.4, 0.5) is 0 Å². The fraction of sp³-hybridized carbons (Fsp3) is 0.500. The van der Waals surface area contributed by atoms with Gasteiger partial charge in [-0.25, -0.2) is 0 Å². The highest BCUT2D eigenvalue weighted by Gasteiger charge is 2.14. The molecule has 0 aliphatic carbocycles. The molecule has 1 aliphatic rings. The van der Waals surface area contributed by atoms with E-state index in [1.54, 1.807) is 6.20 Å². The van der Waals surface area contributed by atoms with Crippen molar-refractivity contribution in [2.45, 2.75) is 19.1 Å². The van der Waals surface area contributed by atoms with Crippen molar-refractivity contribution in [3.8, 4) is 0 Å². The quantitative estimate of drug-likeness (QED) is 0.826. The van der Waals surface area contributed by atoms with E-state index in [-0.39, 0.29) is 12.4 Å². The van der Waals surface area contributed by atoms with Crippen LogP contribution in [0.15, 0.2) is 24.5 Å². The zero-order chi connectivity index (χ0) is 8.93. The van der Waals surface area contributed by atoms with E-state index in [4.69, 9.17) is 4.74 Å². The van der Waals surface area contributed by atoms with Crippen molar-refractivity contribution in [1.82, 2.24) is 10.3 Å². The minimum absolute atomic E-state index is 0. The number of hydrogen-bond acceptors (Lipinski definition) is 3. The summed E-state index contributed by atoms with van der Waals surface area (Å²) < 4.78 is 5.69. The largest absolute Gasteiger partial charge is 0.372 e. The van der Waals surface area contributed by atoms with E-state index in [9.17, 15) is 0 Å². The third-order valence-corrected chi connectivity index (χ3v) is 2.22. The number of pyridine rings is 1. The molecule has 1 aliphatic heterocycles. The predicted octanol–water partition coefficient (Wildman–Crippen LogP) is 1.38. The number of hydrogen-bond donors (Lipinski definition) is 1. The van der Waals surface area contributed by atoms with Gasteiger partial charge in [0, 0.05) is 18.9 Å². The molecule has 0 saturated carbocycles. The summed E-state index contributed by atoms with van der Waals surface area (Å²) in [5.41, 5.74) is 1.15. The Hall–Kier alpha value is -0.640. The molecule has 14 heavy (non-hydrogen) atoms. The SMILES string of the molecule is Cl.c1cncc(CO[C@H]2CCNC2)c1. The Bertz CT molecular complexity index is 250. The summed E-state index contributed by atoms with van der Waals surface area (Å²) in [6.07, 6.45) is 5.14. The van der Waals surface area contributed by atoms with Gasteiger partial charge in [0.1, 0.15) is 0 Å². The van der Waals surface area contributed by atoms with Gasteiger partial charge in [-0.2, -0.15) is 0 Å². The standard InChI is InChI=1S/C10H14N2O.ClH/c1-2-9(6-11-4-1)8-13-10-3-5-12-7-10;/h1-2,4,6,10,12H,3,5,7-8H2;1H/t10-;/m0./s1. The van der Waals surface area contributed by atoms with E-state index in [1.807, 2.05) is 18.3 Å². The van der Waals surface area contributed by atoms with Crippen LogP contribution >= 0.6 is 12.4 Å². The van der Waals surface area contributed by atoms with Gasteiger partial charge in [-0.3, -0.25) is 4.98 Å². The van der Waals surface area contributed by atoms with Crippen LogP contribution in [-0.2, 0) is 11.3 Å². The molecule has 0 spiro atoms. The van der Waals surface area contributed by atoms with Gasteiger partial charge in [0.25, 0.3) is 0 Å². The van der Waals surface area contributed by atoms with Crippen molar-refractivity contribution in [3.05, 3.63) is 30.1 Å². The molecule has 4 heteroatoms. The fourth-order valence-corrected chi connectivity index (χ4v) is 1.47. The maximum atomic E-state index is 5.69. The molecule has 1 atom stereocenters. The van der Waals surface area contributed by atoms with Crippen molar-refractivity contribution in [2.75, 3.05) is 13.1 Å². The molecule has 3 nitrogen and oxygen atoms in total. The van der Waals surface area contributed by atoms with E-state index in [1.165, 1.54) is 0 Å². The van der Waals surface area contributed by atoms with Crippen LogP contribution in [-0.4, -0.2) is 24.2 Å². The van der Waals surface area contributed by atoms with Gasteiger partial charge in [-0.15, -0.1) is 12.4 Å². The molecule has 0 radical (unpaired) electrons.